The van der Waals surface area contributed by atoms with Crippen LogP contribution < -0.4 is 10.6 Å². The molecule has 162 valence electrons. The highest BCUT2D eigenvalue weighted by Crippen LogP contribution is 2.34. The lowest BCUT2D eigenvalue weighted by Crippen LogP contribution is -2.20. The topological polar surface area (TPSA) is 71.8 Å². The number of anilines is 3. The van der Waals surface area contributed by atoms with Gasteiger partial charge in [0.1, 0.15) is 5.82 Å². The number of alkyl halides is 3. The minimum absolute atomic E-state index is 0.208. The molecule has 0 radical (unpaired) electrons. The third-order valence-electron chi connectivity index (χ3n) is 4.63. The molecule has 0 aliphatic heterocycles. The van der Waals surface area contributed by atoms with Crippen LogP contribution in [0, 0.1) is 6.92 Å². The molecule has 2 aromatic heterocycles. The molecule has 32 heavy (non-hydrogen) atoms. The normalized spacial score (nSPS) is 11.2. The van der Waals surface area contributed by atoms with Gasteiger partial charge in [0.2, 0.25) is 0 Å². The van der Waals surface area contributed by atoms with E-state index in [0.29, 0.717) is 5.82 Å². The average Bonchev–Trinajstić information content (AvgIpc) is 3.22. The van der Waals surface area contributed by atoms with Gasteiger partial charge in [-0.2, -0.15) is 18.3 Å². The van der Waals surface area contributed by atoms with E-state index in [1.54, 1.807) is 24.3 Å². The van der Waals surface area contributed by atoms with Gasteiger partial charge in [-0.25, -0.2) is 9.67 Å². The summed E-state index contributed by atoms with van der Waals surface area (Å²) in [5, 5.41) is 9.35. The molecule has 0 bridgehead atoms. The molecule has 0 aliphatic carbocycles. The molecule has 6 nitrogen and oxygen atoms in total. The second-order valence-corrected chi connectivity index (χ2v) is 7.03. The number of hydrogen-bond acceptors (Lipinski definition) is 4. The molecule has 0 spiro atoms. The SMILES string of the molecule is Cc1ccc(-n2ncc(C(=O)Nc3ccc(Nc4ccccc4)nc3)c2C(F)(F)F)cc1. The van der Waals surface area contributed by atoms with Crippen LogP contribution >= 0.6 is 0 Å². The van der Waals surface area contributed by atoms with E-state index in [0.717, 1.165) is 22.1 Å². The fourth-order valence-corrected chi connectivity index (χ4v) is 3.08. The van der Waals surface area contributed by atoms with Gasteiger partial charge in [0.25, 0.3) is 5.91 Å². The number of carbonyl (C=O) groups excluding carboxylic acids is 1. The summed E-state index contributed by atoms with van der Waals surface area (Å²) in [4.78, 5) is 16.8. The lowest BCUT2D eigenvalue weighted by atomic mass is 10.2. The van der Waals surface area contributed by atoms with E-state index < -0.39 is 23.3 Å². The number of amides is 1. The van der Waals surface area contributed by atoms with E-state index in [-0.39, 0.29) is 11.4 Å². The number of halogens is 3. The second-order valence-electron chi connectivity index (χ2n) is 7.03. The summed E-state index contributed by atoms with van der Waals surface area (Å²) >= 11 is 0. The van der Waals surface area contributed by atoms with Crippen LogP contribution in [0.3, 0.4) is 0 Å². The minimum Gasteiger partial charge on any atom is -0.340 e. The first kappa shape index (κ1) is 21.1. The molecule has 4 rings (SSSR count). The van der Waals surface area contributed by atoms with Crippen molar-refractivity contribution < 1.29 is 18.0 Å². The quantitative estimate of drug-likeness (QED) is 0.427. The third kappa shape index (κ3) is 4.61. The highest BCUT2D eigenvalue weighted by Gasteiger charge is 2.40. The van der Waals surface area contributed by atoms with Crippen molar-refractivity contribution in [2.75, 3.05) is 10.6 Å². The van der Waals surface area contributed by atoms with Crippen molar-refractivity contribution in [2.45, 2.75) is 13.1 Å². The summed E-state index contributed by atoms with van der Waals surface area (Å²) < 4.78 is 42.1. The summed E-state index contributed by atoms with van der Waals surface area (Å²) in [6.07, 6.45) is -2.51. The number of benzene rings is 2. The Morgan fingerprint density at radius 2 is 1.62 bits per heavy atom. The summed E-state index contributed by atoms with van der Waals surface area (Å²) in [5.74, 6) is -0.404. The fourth-order valence-electron chi connectivity index (χ4n) is 3.08. The van der Waals surface area contributed by atoms with Crippen LogP contribution in [0.4, 0.5) is 30.4 Å². The van der Waals surface area contributed by atoms with Crippen molar-refractivity contribution in [3.63, 3.8) is 0 Å². The lowest BCUT2D eigenvalue weighted by molar-refractivity contribution is -0.143. The van der Waals surface area contributed by atoms with Gasteiger partial charge in [-0.1, -0.05) is 35.9 Å². The van der Waals surface area contributed by atoms with Gasteiger partial charge in [-0.05, 0) is 43.3 Å². The molecule has 0 atom stereocenters. The average molecular weight is 437 g/mol. The Morgan fingerprint density at radius 1 is 0.906 bits per heavy atom. The Labute approximate surface area is 181 Å². The monoisotopic (exact) mass is 437 g/mol. The molecule has 0 aliphatic rings. The van der Waals surface area contributed by atoms with Crippen LogP contribution in [0.2, 0.25) is 0 Å². The van der Waals surface area contributed by atoms with Gasteiger partial charge in [-0.15, -0.1) is 0 Å². The molecule has 0 saturated carbocycles. The number of nitrogens with zero attached hydrogens (tertiary/aromatic N) is 3. The fraction of sp³-hybridized carbons (Fsp3) is 0.0870. The maximum absolute atomic E-state index is 13.8. The molecule has 0 unspecified atom stereocenters. The molecule has 1 amide bonds. The Kier molecular flexibility index (Phi) is 5.63. The second kappa shape index (κ2) is 8.54. The predicted molar refractivity (Wildman–Crippen MR) is 115 cm³/mol. The van der Waals surface area contributed by atoms with Gasteiger partial charge in [0.15, 0.2) is 5.69 Å². The van der Waals surface area contributed by atoms with Crippen molar-refractivity contribution in [3.8, 4) is 5.69 Å². The Bertz CT molecular complexity index is 1220. The van der Waals surface area contributed by atoms with Gasteiger partial charge >= 0.3 is 6.18 Å². The van der Waals surface area contributed by atoms with E-state index in [1.807, 2.05) is 37.3 Å². The number of aryl methyl sites for hydroxylation is 1. The lowest BCUT2D eigenvalue weighted by Gasteiger charge is -2.13. The Balaban J connectivity index is 1.56. The van der Waals surface area contributed by atoms with Crippen molar-refractivity contribution in [2.24, 2.45) is 0 Å². The standard InChI is InChI=1S/C23H18F3N5O/c1-15-7-10-18(11-8-15)31-21(23(24,25)26)19(14-28-31)22(32)30-17-9-12-20(27-13-17)29-16-5-3-2-4-6-16/h2-14H,1H3,(H,27,29)(H,30,32). The molecular weight excluding hydrogens is 419 g/mol. The number of para-hydroxylation sites is 1. The number of pyridine rings is 1. The summed E-state index contributed by atoms with van der Waals surface area (Å²) in [6.45, 7) is 1.82. The number of aromatic nitrogens is 3. The molecular formula is C23H18F3N5O. The smallest absolute Gasteiger partial charge is 0.340 e. The van der Waals surface area contributed by atoms with E-state index in [9.17, 15) is 18.0 Å². The van der Waals surface area contributed by atoms with Crippen LogP contribution in [0.15, 0.2) is 79.1 Å². The molecule has 2 aromatic carbocycles. The maximum Gasteiger partial charge on any atom is 0.434 e. The predicted octanol–water partition coefficient (Wildman–Crippen LogP) is 5.59. The number of rotatable bonds is 5. The van der Waals surface area contributed by atoms with Gasteiger partial charge in [0, 0.05) is 5.69 Å². The van der Waals surface area contributed by atoms with E-state index in [4.69, 9.17) is 0 Å². The molecule has 2 heterocycles. The Hall–Kier alpha value is -4.14. The van der Waals surface area contributed by atoms with E-state index >= 15 is 0 Å². The zero-order valence-corrected chi connectivity index (χ0v) is 16.9. The van der Waals surface area contributed by atoms with Crippen LogP contribution in [0.25, 0.3) is 5.69 Å². The molecule has 0 saturated heterocycles. The van der Waals surface area contributed by atoms with E-state index in [1.165, 1.54) is 18.3 Å². The zero-order valence-electron chi connectivity index (χ0n) is 16.9. The van der Waals surface area contributed by atoms with Crippen LogP contribution in [-0.2, 0) is 6.18 Å². The van der Waals surface area contributed by atoms with Crippen molar-refractivity contribution in [3.05, 3.63) is 95.9 Å². The van der Waals surface area contributed by atoms with Gasteiger partial charge in [-0.3, -0.25) is 4.79 Å². The third-order valence-corrected chi connectivity index (χ3v) is 4.63. The van der Waals surface area contributed by atoms with Crippen LogP contribution in [-0.4, -0.2) is 20.7 Å². The van der Waals surface area contributed by atoms with E-state index in [2.05, 4.69) is 20.7 Å². The summed E-state index contributed by atoms with van der Waals surface area (Å²) in [5.41, 5.74) is 0.462. The number of carbonyl (C=O) groups is 1. The first-order valence-corrected chi connectivity index (χ1v) is 9.63. The first-order valence-electron chi connectivity index (χ1n) is 9.63. The highest BCUT2D eigenvalue weighted by atomic mass is 19.4. The highest BCUT2D eigenvalue weighted by molar-refractivity contribution is 6.05. The van der Waals surface area contributed by atoms with Crippen LogP contribution in [0.1, 0.15) is 21.6 Å². The van der Waals surface area contributed by atoms with Crippen molar-refractivity contribution in [1.82, 2.24) is 14.8 Å². The molecule has 0 fully saturated rings. The number of hydrogen-bond donors (Lipinski definition) is 2. The number of nitrogens with one attached hydrogen (secondary N) is 2. The van der Waals surface area contributed by atoms with Gasteiger partial charge in [0.05, 0.1) is 29.3 Å². The van der Waals surface area contributed by atoms with Crippen LogP contribution in [0.5, 0.6) is 0 Å². The first-order chi connectivity index (χ1) is 15.3. The largest absolute Gasteiger partial charge is 0.434 e. The van der Waals surface area contributed by atoms with Crippen molar-refractivity contribution in [1.29, 1.82) is 0 Å². The molecule has 9 heteroatoms. The molecule has 4 aromatic rings. The molecule has 2 N–H and O–H groups in total. The Morgan fingerprint density at radius 3 is 2.25 bits per heavy atom. The maximum atomic E-state index is 13.8. The van der Waals surface area contributed by atoms with Crippen molar-refractivity contribution >= 4 is 23.1 Å². The minimum atomic E-state index is -4.78. The zero-order chi connectivity index (χ0) is 22.7. The summed E-state index contributed by atoms with van der Waals surface area (Å²) in [6, 6.07) is 18.9. The van der Waals surface area contributed by atoms with Gasteiger partial charge < -0.3 is 10.6 Å². The summed E-state index contributed by atoms with van der Waals surface area (Å²) in [7, 11) is 0.